The largest absolute Gasteiger partial charge is 0.545 e. The van der Waals surface area contributed by atoms with Gasteiger partial charge in [0, 0.05) is 22.6 Å². The van der Waals surface area contributed by atoms with Crippen molar-refractivity contribution >= 4 is 23.7 Å². The minimum absolute atomic E-state index is 0.254. The Morgan fingerprint density at radius 2 is 1.71 bits per heavy atom. The maximum atomic E-state index is 11.5. The van der Waals surface area contributed by atoms with Gasteiger partial charge in [-0.1, -0.05) is 29.8 Å². The second-order valence-corrected chi connectivity index (χ2v) is 5.85. The van der Waals surface area contributed by atoms with Crippen LogP contribution in [0.3, 0.4) is 0 Å². The number of nitrogens with zero attached hydrogens (tertiary/aromatic N) is 1. The van der Waals surface area contributed by atoms with E-state index in [9.17, 15) is 19.8 Å². The summed E-state index contributed by atoms with van der Waals surface area (Å²) in [6.45, 7) is 1.93. The molecular formula is C15H11NO4S-2. The molecule has 1 aliphatic rings. The first-order chi connectivity index (χ1) is 10.0. The molecule has 0 N–H and O–H groups in total. The van der Waals surface area contributed by atoms with E-state index in [0.717, 1.165) is 5.56 Å². The van der Waals surface area contributed by atoms with Crippen LogP contribution in [-0.2, 0) is 11.6 Å². The van der Waals surface area contributed by atoms with Crippen LogP contribution in [0.1, 0.15) is 32.0 Å². The number of carbonyl (C=O) groups is 2. The van der Waals surface area contributed by atoms with Crippen LogP contribution in [0.15, 0.2) is 24.3 Å². The lowest BCUT2D eigenvalue weighted by molar-refractivity contribution is -0.259. The van der Waals surface area contributed by atoms with E-state index in [1.165, 1.54) is 11.8 Å². The third kappa shape index (κ3) is 2.12. The molecule has 2 aromatic rings. The van der Waals surface area contributed by atoms with Crippen molar-refractivity contribution in [2.24, 2.45) is 0 Å². The van der Waals surface area contributed by atoms with Crippen molar-refractivity contribution in [3.05, 3.63) is 46.6 Å². The molecule has 0 spiro atoms. The van der Waals surface area contributed by atoms with Crippen molar-refractivity contribution in [1.82, 2.24) is 4.57 Å². The molecule has 0 atom stereocenters. The van der Waals surface area contributed by atoms with E-state index in [1.807, 2.05) is 19.1 Å². The molecule has 3 rings (SSSR count). The number of hydrogen-bond donors (Lipinski definition) is 0. The number of aromatic carboxylic acids is 2. The maximum Gasteiger partial charge on any atom is 0.0743 e. The van der Waals surface area contributed by atoms with Crippen molar-refractivity contribution in [2.75, 3.05) is 0 Å². The molecule has 0 bridgehead atoms. The summed E-state index contributed by atoms with van der Waals surface area (Å²) >= 11 is 1.53. The lowest BCUT2D eigenvalue weighted by atomic mass is 10.0. The SMILES string of the molecule is Cc1ccc(-c2c(C(=O)[O-])c(C(=O)[O-])c3n2CSC3)cc1. The molecular weight excluding hydrogens is 290 g/mol. The molecule has 0 fully saturated rings. The smallest absolute Gasteiger partial charge is 0.0743 e. The zero-order valence-corrected chi connectivity index (χ0v) is 12.0. The van der Waals surface area contributed by atoms with Crippen molar-refractivity contribution in [2.45, 2.75) is 18.6 Å². The molecule has 21 heavy (non-hydrogen) atoms. The Balaban J connectivity index is 2.33. The number of thioether (sulfide) groups is 1. The molecule has 2 heterocycles. The van der Waals surface area contributed by atoms with Gasteiger partial charge in [0.25, 0.3) is 0 Å². The number of benzene rings is 1. The van der Waals surface area contributed by atoms with Crippen LogP contribution in [0.25, 0.3) is 11.3 Å². The van der Waals surface area contributed by atoms with Crippen molar-refractivity contribution in [3.8, 4) is 11.3 Å². The summed E-state index contributed by atoms with van der Waals surface area (Å²) in [7, 11) is 0. The van der Waals surface area contributed by atoms with E-state index >= 15 is 0 Å². The third-order valence-corrected chi connectivity index (χ3v) is 4.48. The van der Waals surface area contributed by atoms with Crippen LogP contribution >= 0.6 is 11.8 Å². The Morgan fingerprint density at radius 3 is 2.29 bits per heavy atom. The first-order valence-corrected chi connectivity index (χ1v) is 7.49. The second-order valence-electron chi connectivity index (χ2n) is 4.89. The quantitative estimate of drug-likeness (QED) is 0.819. The first kappa shape index (κ1) is 13.8. The predicted octanol–water partition coefficient (Wildman–Crippen LogP) is 0.395. The van der Waals surface area contributed by atoms with Gasteiger partial charge in [0.2, 0.25) is 0 Å². The minimum atomic E-state index is -1.49. The van der Waals surface area contributed by atoms with Gasteiger partial charge in [0.1, 0.15) is 0 Å². The Kier molecular flexibility index (Phi) is 3.25. The Bertz CT molecular complexity index is 746. The Labute approximate surface area is 125 Å². The molecule has 0 aliphatic carbocycles. The topological polar surface area (TPSA) is 85.2 Å². The van der Waals surface area contributed by atoms with Gasteiger partial charge in [-0.2, -0.15) is 0 Å². The first-order valence-electron chi connectivity index (χ1n) is 6.33. The molecule has 0 radical (unpaired) electrons. The zero-order valence-electron chi connectivity index (χ0n) is 11.2. The fourth-order valence-corrected chi connectivity index (χ4v) is 3.68. The highest BCUT2D eigenvalue weighted by Gasteiger charge is 2.27. The van der Waals surface area contributed by atoms with Gasteiger partial charge in [0.05, 0.1) is 23.5 Å². The summed E-state index contributed by atoms with van der Waals surface area (Å²) in [5.41, 5.74) is 2.03. The van der Waals surface area contributed by atoms with Crippen LogP contribution < -0.4 is 10.2 Å². The van der Waals surface area contributed by atoms with E-state index in [1.54, 1.807) is 16.7 Å². The lowest BCUT2D eigenvalue weighted by Gasteiger charge is -2.12. The summed E-state index contributed by atoms with van der Waals surface area (Å²) in [4.78, 5) is 22.8. The highest BCUT2D eigenvalue weighted by Crippen LogP contribution is 2.38. The standard InChI is InChI=1S/C15H13NO4S/c1-8-2-4-9(5-3-8)13-12(15(19)20)11(14(17)18)10-6-21-7-16(10)13/h2-5H,6-7H2,1H3,(H,17,18)(H,19,20)/p-2. The van der Waals surface area contributed by atoms with Crippen LogP contribution in [0.4, 0.5) is 0 Å². The molecule has 0 amide bonds. The highest BCUT2D eigenvalue weighted by molar-refractivity contribution is 7.97. The summed E-state index contributed by atoms with van der Waals surface area (Å²) in [5, 5.41) is 22.8. The average molecular weight is 301 g/mol. The van der Waals surface area contributed by atoms with Gasteiger partial charge < -0.3 is 24.4 Å². The number of rotatable bonds is 3. The minimum Gasteiger partial charge on any atom is -0.545 e. The molecule has 1 aromatic heterocycles. The van der Waals surface area contributed by atoms with Crippen molar-refractivity contribution < 1.29 is 19.8 Å². The van der Waals surface area contributed by atoms with E-state index in [2.05, 4.69) is 0 Å². The number of aromatic nitrogens is 1. The van der Waals surface area contributed by atoms with E-state index in [-0.39, 0.29) is 11.1 Å². The fourth-order valence-electron chi connectivity index (χ4n) is 2.62. The van der Waals surface area contributed by atoms with Gasteiger partial charge in [-0.3, -0.25) is 0 Å². The Hall–Kier alpha value is -2.21. The number of carboxylic acids is 2. The number of aryl methyl sites for hydroxylation is 1. The van der Waals surface area contributed by atoms with Gasteiger partial charge in [-0.25, -0.2) is 0 Å². The second kappa shape index (κ2) is 4.96. The van der Waals surface area contributed by atoms with Crippen molar-refractivity contribution in [3.63, 3.8) is 0 Å². The number of carbonyl (C=O) groups excluding carboxylic acids is 2. The molecule has 5 nitrogen and oxygen atoms in total. The molecule has 1 aromatic carbocycles. The van der Waals surface area contributed by atoms with Gasteiger partial charge in [-0.05, 0) is 12.5 Å². The third-order valence-electron chi connectivity index (χ3n) is 3.56. The van der Waals surface area contributed by atoms with Crippen LogP contribution in [0, 0.1) is 6.92 Å². The summed E-state index contributed by atoms with van der Waals surface area (Å²) < 4.78 is 1.73. The molecule has 0 saturated carbocycles. The molecule has 108 valence electrons. The number of hydrogen-bond acceptors (Lipinski definition) is 5. The van der Waals surface area contributed by atoms with Crippen LogP contribution in [0.5, 0.6) is 0 Å². The van der Waals surface area contributed by atoms with Crippen LogP contribution in [0.2, 0.25) is 0 Å². The summed E-state index contributed by atoms with van der Waals surface area (Å²) in [6, 6.07) is 7.28. The van der Waals surface area contributed by atoms with Gasteiger partial charge >= 0.3 is 0 Å². The van der Waals surface area contributed by atoms with Gasteiger partial charge in [0.15, 0.2) is 0 Å². The normalized spacial score (nSPS) is 13.2. The van der Waals surface area contributed by atoms with Crippen LogP contribution in [-0.4, -0.2) is 16.5 Å². The molecule has 6 heteroatoms. The fraction of sp³-hybridized carbons (Fsp3) is 0.200. The number of carboxylic acid groups (broad SMARTS) is 2. The predicted molar refractivity (Wildman–Crippen MR) is 74.6 cm³/mol. The number of fused-ring (bicyclic) bond motifs is 1. The lowest BCUT2D eigenvalue weighted by Crippen LogP contribution is -2.30. The maximum absolute atomic E-state index is 11.5. The molecule has 1 aliphatic heterocycles. The van der Waals surface area contributed by atoms with E-state index in [0.29, 0.717) is 28.6 Å². The zero-order chi connectivity index (χ0) is 15.1. The Morgan fingerprint density at radius 1 is 1.10 bits per heavy atom. The summed E-state index contributed by atoms with van der Waals surface area (Å²) in [6.07, 6.45) is 0. The van der Waals surface area contributed by atoms with Gasteiger partial charge in [-0.15, -0.1) is 11.8 Å². The van der Waals surface area contributed by atoms with E-state index in [4.69, 9.17) is 0 Å². The average Bonchev–Trinajstić information content (AvgIpc) is 2.98. The summed E-state index contributed by atoms with van der Waals surface area (Å²) in [5.74, 6) is -1.99. The van der Waals surface area contributed by atoms with Crippen molar-refractivity contribution in [1.29, 1.82) is 0 Å². The monoisotopic (exact) mass is 301 g/mol. The molecule has 0 saturated heterocycles. The highest BCUT2D eigenvalue weighted by atomic mass is 32.2. The van der Waals surface area contributed by atoms with E-state index < -0.39 is 11.9 Å². The molecule has 0 unspecified atom stereocenters.